The zero-order chi connectivity index (χ0) is 70.5. The fraction of sp³-hybridized carbons (Fsp3) is 0.567. The summed E-state index contributed by atoms with van der Waals surface area (Å²) in [4.78, 5) is 185. The van der Waals surface area contributed by atoms with Crippen LogP contribution in [-0.2, 0) is 127 Å². The number of ether oxygens (including phenoxy) is 10. The topological polar surface area (TPSA) is 469 Å². The Morgan fingerprint density at radius 1 is 0.505 bits per heavy atom. The number of hydrogen-bond acceptors (Lipinski definition) is 29. The van der Waals surface area contributed by atoms with Crippen LogP contribution >= 0.6 is 23.5 Å². The standard InChI is InChI=1S/C60H78N6O27S2/c1-27(61)53(77)64-42(25-94-59-51(90-34(8)73)49(88-32(6)71)47(86-30(4)69)45(92-59)23-84-28(2)67)55(79)63-41(22-37-14-18-39(76)19-15-37)57(81)66-20-10-11-44(66)56(80)62-40(21-36-12-16-38(75)17-13-36)54(78)65-43(58(82)83)26-95-60-52(91-35(9)74)50(89-33(7)72)48(87-31(5)70)46(93-60)24-85-29(3)68/h12-19,27,40-52,59-60,75-76H,10-11,20-26,61H2,1-9H3,(H,62,80)(H,63,79)(H,64,77)(H,65,78)(H,82,83)/t27-,40-,41-,42-,43-,44-,45+,46+,47-,48-,49-,50-,51+,52+,59-,60-/m0/s1. The lowest BCUT2D eigenvalue weighted by atomic mass is 9.99. The molecule has 0 aliphatic carbocycles. The van der Waals surface area contributed by atoms with Crippen molar-refractivity contribution in [2.75, 3.05) is 31.3 Å². The zero-order valence-electron chi connectivity index (χ0n) is 53.2. The van der Waals surface area contributed by atoms with Crippen LogP contribution < -0.4 is 27.0 Å². The summed E-state index contributed by atoms with van der Waals surface area (Å²) in [5.74, 6) is -14.9. The molecule has 2 aromatic rings. The first-order valence-corrected chi connectivity index (χ1v) is 31.7. The maximum absolute atomic E-state index is 15.1. The number of carboxylic acids is 1. The van der Waals surface area contributed by atoms with E-state index in [9.17, 15) is 77.6 Å². The number of aliphatic carboxylic acids is 1. The van der Waals surface area contributed by atoms with Gasteiger partial charge in [-0.25, -0.2) is 4.79 Å². The highest BCUT2D eigenvalue weighted by Gasteiger charge is 2.54. The van der Waals surface area contributed by atoms with Crippen molar-refractivity contribution in [1.82, 2.24) is 26.2 Å². The Kier molecular flexibility index (Phi) is 29.3. The molecule has 3 saturated heterocycles. The largest absolute Gasteiger partial charge is 0.508 e. The number of hydrogen-bond donors (Lipinski definition) is 8. The second kappa shape index (κ2) is 36.2. The quantitative estimate of drug-likeness (QED) is 0.0339. The van der Waals surface area contributed by atoms with Crippen LogP contribution in [0.1, 0.15) is 86.3 Å². The predicted octanol–water partition coefficient (Wildman–Crippen LogP) is -1.12. The van der Waals surface area contributed by atoms with Gasteiger partial charge in [0.25, 0.3) is 0 Å². The second-order valence-corrected chi connectivity index (χ2v) is 24.4. The predicted molar refractivity (Wildman–Crippen MR) is 326 cm³/mol. The number of nitrogens with zero attached hydrogens (tertiary/aromatic N) is 1. The number of esters is 8. The van der Waals surface area contributed by atoms with Crippen molar-refractivity contribution in [2.24, 2.45) is 5.73 Å². The van der Waals surface area contributed by atoms with Crippen molar-refractivity contribution in [3.05, 3.63) is 59.7 Å². The Labute approximate surface area is 552 Å². The Morgan fingerprint density at radius 2 is 0.874 bits per heavy atom. The molecule has 3 fully saturated rings. The van der Waals surface area contributed by atoms with E-state index in [2.05, 4.69) is 21.3 Å². The molecule has 0 spiro atoms. The van der Waals surface area contributed by atoms with E-state index in [1.165, 1.54) is 55.5 Å². The lowest BCUT2D eigenvalue weighted by Crippen LogP contribution is -2.62. The van der Waals surface area contributed by atoms with Crippen LogP contribution in [0.15, 0.2) is 48.5 Å². The van der Waals surface area contributed by atoms with Crippen LogP contribution in [0, 0.1) is 0 Å². The molecular formula is C60H78N6O27S2. The van der Waals surface area contributed by atoms with Gasteiger partial charge in [-0.15, -0.1) is 23.5 Å². The monoisotopic (exact) mass is 1380 g/mol. The van der Waals surface area contributed by atoms with E-state index < -0.39 is 204 Å². The molecule has 5 amide bonds. The Morgan fingerprint density at radius 3 is 1.27 bits per heavy atom. The van der Waals surface area contributed by atoms with Crippen molar-refractivity contribution in [2.45, 2.75) is 184 Å². The number of carbonyl (C=O) groups excluding carboxylic acids is 13. The van der Waals surface area contributed by atoms with Gasteiger partial charge in [-0.3, -0.25) is 62.3 Å². The smallest absolute Gasteiger partial charge is 0.327 e. The lowest BCUT2D eigenvalue weighted by molar-refractivity contribution is -0.237. The summed E-state index contributed by atoms with van der Waals surface area (Å²) >= 11 is 1.36. The van der Waals surface area contributed by atoms with Gasteiger partial charge in [0, 0.05) is 86.3 Å². The first-order chi connectivity index (χ1) is 44.7. The number of thioether (sulfide) groups is 2. The lowest BCUT2D eigenvalue weighted by Gasteiger charge is -2.44. The number of aromatic hydroxyl groups is 2. The summed E-state index contributed by atoms with van der Waals surface area (Å²) in [6.45, 7) is 8.31. The summed E-state index contributed by atoms with van der Waals surface area (Å²) in [7, 11) is 0. The Bertz CT molecular complexity index is 3120. The van der Waals surface area contributed by atoms with Crippen LogP contribution in [0.2, 0.25) is 0 Å². The van der Waals surface area contributed by atoms with Crippen LogP contribution in [0.4, 0.5) is 0 Å². The normalized spacial score (nSPS) is 23.8. The van der Waals surface area contributed by atoms with Gasteiger partial charge in [-0.05, 0) is 55.2 Å². The van der Waals surface area contributed by atoms with E-state index >= 15 is 4.79 Å². The van der Waals surface area contributed by atoms with Gasteiger partial charge in [0.15, 0.2) is 36.6 Å². The van der Waals surface area contributed by atoms with Gasteiger partial charge in [0.1, 0.15) is 78.0 Å². The average molecular weight is 1380 g/mol. The van der Waals surface area contributed by atoms with E-state index in [-0.39, 0.29) is 43.7 Å². The number of nitrogens with one attached hydrogen (secondary N) is 4. The SMILES string of the molecule is CC(=O)OC[C@H]1O[C@@H](SC[C@H](NC(=O)[C@H](Cc2ccc(O)cc2)NC(=O)[C@@H]2CCCN2C(=O)[C@H](Cc2ccc(O)cc2)NC(=O)[C@H](CS[C@@H]2O[C@H](COC(C)=O)[C@H](OC(C)=O)[C@H](OC(C)=O)[C@H]2OC(C)=O)NC(=O)[C@H](C)N)C(=O)O)[C@H](OC(C)=O)[C@@H](OC(C)=O)[C@H]1OC(C)=O. The number of likely N-dealkylation sites (tertiary alicyclic amines) is 1. The number of phenols is 2. The second-order valence-electron chi connectivity index (χ2n) is 22.1. The zero-order valence-corrected chi connectivity index (χ0v) is 54.8. The summed E-state index contributed by atoms with van der Waals surface area (Å²) in [6.07, 6.45) is -12.7. The highest BCUT2D eigenvalue weighted by Crippen LogP contribution is 2.37. The van der Waals surface area contributed by atoms with E-state index in [4.69, 9.17) is 53.1 Å². The van der Waals surface area contributed by atoms with Gasteiger partial charge in [-0.1, -0.05) is 24.3 Å². The molecule has 16 atom stereocenters. The summed E-state index contributed by atoms with van der Waals surface area (Å²) in [5, 5.41) is 41.0. The minimum absolute atomic E-state index is 0.0188. The number of nitrogens with two attached hydrogens (primary N) is 1. The highest BCUT2D eigenvalue weighted by molar-refractivity contribution is 8.00. The Balaban J connectivity index is 1.45. The number of carboxylic acid groups (broad SMARTS) is 1. The molecule has 3 aliphatic heterocycles. The van der Waals surface area contributed by atoms with Gasteiger partial charge in [0.2, 0.25) is 29.5 Å². The van der Waals surface area contributed by atoms with Gasteiger partial charge in [0.05, 0.1) is 6.04 Å². The molecule has 0 radical (unpaired) electrons. The van der Waals surface area contributed by atoms with Crippen LogP contribution in [0.3, 0.4) is 0 Å². The molecule has 5 rings (SSSR count). The van der Waals surface area contributed by atoms with Crippen LogP contribution in [0.25, 0.3) is 0 Å². The summed E-state index contributed by atoms with van der Waals surface area (Å²) in [6, 6.07) is 1.62. The third-order valence-electron chi connectivity index (χ3n) is 14.3. The van der Waals surface area contributed by atoms with E-state index in [1.807, 2.05) is 0 Å². The van der Waals surface area contributed by atoms with E-state index in [0.717, 1.165) is 72.1 Å². The minimum atomic E-state index is -1.85. The Hall–Kier alpha value is -8.80. The molecule has 35 heteroatoms. The first-order valence-electron chi connectivity index (χ1n) is 29.6. The first kappa shape index (κ1) is 76.9. The van der Waals surface area contributed by atoms with Crippen molar-refractivity contribution in [3.63, 3.8) is 0 Å². The van der Waals surface area contributed by atoms with Crippen molar-refractivity contribution >= 4 is 107 Å². The summed E-state index contributed by atoms with van der Waals surface area (Å²) < 4.78 is 55.6. The fourth-order valence-corrected chi connectivity index (χ4v) is 12.6. The maximum Gasteiger partial charge on any atom is 0.327 e. The molecule has 3 aliphatic rings. The minimum Gasteiger partial charge on any atom is -0.508 e. The van der Waals surface area contributed by atoms with Crippen molar-refractivity contribution in [3.8, 4) is 11.5 Å². The molecule has 0 unspecified atom stereocenters. The molecule has 522 valence electrons. The number of amides is 5. The number of phenolic OH excluding ortho intramolecular Hbond substituents is 2. The molecule has 2 aromatic carbocycles. The maximum atomic E-state index is 15.1. The van der Waals surface area contributed by atoms with Gasteiger partial charge < -0.3 is 94.6 Å². The third kappa shape index (κ3) is 23.9. The molecule has 9 N–H and O–H groups in total. The number of rotatable bonds is 30. The molecule has 0 saturated carbocycles. The third-order valence-corrected chi connectivity index (χ3v) is 16.7. The molecule has 95 heavy (non-hydrogen) atoms. The van der Waals surface area contributed by atoms with Gasteiger partial charge in [-0.2, -0.15) is 0 Å². The van der Waals surface area contributed by atoms with Crippen molar-refractivity contribution < 1.29 is 130 Å². The molecule has 3 heterocycles. The van der Waals surface area contributed by atoms with Crippen molar-refractivity contribution in [1.29, 1.82) is 0 Å². The van der Waals surface area contributed by atoms with Crippen LogP contribution in [-0.4, -0.2) is 231 Å². The van der Waals surface area contributed by atoms with E-state index in [1.54, 1.807) is 0 Å². The molecule has 33 nitrogen and oxygen atoms in total. The molecular weight excluding hydrogens is 1300 g/mol. The number of benzene rings is 2. The highest BCUT2D eigenvalue weighted by atomic mass is 32.2. The average Bonchev–Trinajstić information content (AvgIpc) is 1.31. The molecule has 0 aromatic heterocycles. The fourth-order valence-electron chi connectivity index (χ4n) is 10.1. The van der Waals surface area contributed by atoms with Gasteiger partial charge >= 0.3 is 53.7 Å². The van der Waals surface area contributed by atoms with Crippen LogP contribution in [0.5, 0.6) is 11.5 Å². The van der Waals surface area contributed by atoms with E-state index in [0.29, 0.717) is 22.9 Å². The summed E-state index contributed by atoms with van der Waals surface area (Å²) in [5.41, 5.74) is 3.74. The molecule has 0 bridgehead atoms. The number of carbonyl (C=O) groups is 14.